The second kappa shape index (κ2) is 5.83. The van der Waals surface area contributed by atoms with E-state index in [1.807, 2.05) is 0 Å². The van der Waals surface area contributed by atoms with E-state index in [1.165, 1.54) is 17.6 Å². The monoisotopic (exact) mass is 382 g/mol. The van der Waals surface area contributed by atoms with Crippen molar-refractivity contribution in [1.82, 2.24) is 25.2 Å². The van der Waals surface area contributed by atoms with E-state index in [0.29, 0.717) is 17.0 Å². The first-order valence-corrected chi connectivity index (χ1v) is 8.43. The maximum Gasteiger partial charge on any atom is 0.395 e. The molecule has 0 aliphatic carbocycles. The van der Waals surface area contributed by atoms with Crippen LogP contribution in [0.5, 0.6) is 0 Å². The molecule has 0 spiro atoms. The zero-order chi connectivity index (χ0) is 19.4. The van der Waals surface area contributed by atoms with Gasteiger partial charge in [0.1, 0.15) is 0 Å². The van der Waals surface area contributed by atoms with Crippen molar-refractivity contribution in [3.8, 4) is 0 Å². The summed E-state index contributed by atoms with van der Waals surface area (Å²) in [6.07, 6.45) is -1.27. The molecule has 0 aromatic carbocycles. The van der Waals surface area contributed by atoms with Crippen LogP contribution in [0.1, 0.15) is 25.0 Å². The third-order valence-corrected chi connectivity index (χ3v) is 5.23. The lowest BCUT2D eigenvalue weighted by atomic mass is 9.89. The Morgan fingerprint density at radius 2 is 2.11 bits per heavy atom. The van der Waals surface area contributed by atoms with Crippen LogP contribution in [-0.2, 0) is 4.79 Å². The topological polar surface area (TPSA) is 91.6 Å². The second-order valence-corrected chi connectivity index (χ2v) is 7.13. The fourth-order valence-corrected chi connectivity index (χ4v) is 3.49. The van der Waals surface area contributed by atoms with E-state index in [2.05, 4.69) is 20.7 Å². The number of carbonyl (C=O) groups is 2. The molecular weight excluding hydrogens is 365 g/mol. The number of hydrogen-bond acceptors (Lipinski definition) is 5. The number of halogens is 3. The van der Waals surface area contributed by atoms with Crippen LogP contribution in [0.15, 0.2) is 18.5 Å². The zero-order valence-corrected chi connectivity index (χ0v) is 14.4. The van der Waals surface area contributed by atoms with Crippen LogP contribution in [0.4, 0.5) is 23.7 Å². The molecule has 0 radical (unpaired) electrons. The fraction of sp³-hybridized carbons (Fsp3) is 0.500. The van der Waals surface area contributed by atoms with Crippen LogP contribution >= 0.6 is 0 Å². The number of urea groups is 1. The Morgan fingerprint density at radius 1 is 1.33 bits per heavy atom. The molecule has 0 bridgehead atoms. The summed E-state index contributed by atoms with van der Waals surface area (Å²) >= 11 is 0. The molecule has 3 amide bonds. The minimum Gasteiger partial charge on any atom is -0.368 e. The maximum absolute atomic E-state index is 13.4. The number of rotatable bonds is 2. The van der Waals surface area contributed by atoms with Crippen molar-refractivity contribution >= 4 is 23.3 Å². The molecule has 2 fully saturated rings. The Kier molecular flexibility index (Phi) is 3.79. The molecule has 11 heteroatoms. The molecule has 2 N–H and O–H groups in total. The summed E-state index contributed by atoms with van der Waals surface area (Å²) < 4.78 is 41.6. The molecule has 8 nitrogen and oxygen atoms in total. The fourth-order valence-electron chi connectivity index (χ4n) is 3.49. The molecule has 2 unspecified atom stereocenters. The van der Waals surface area contributed by atoms with Gasteiger partial charge in [-0.25, -0.2) is 14.3 Å². The first-order valence-electron chi connectivity index (χ1n) is 8.43. The Labute approximate surface area is 151 Å². The van der Waals surface area contributed by atoms with Crippen molar-refractivity contribution < 1.29 is 22.8 Å². The van der Waals surface area contributed by atoms with E-state index < -0.39 is 29.4 Å². The number of nitrogens with one attached hydrogen (secondary N) is 2. The van der Waals surface area contributed by atoms with Gasteiger partial charge in [-0.2, -0.15) is 18.3 Å². The molecule has 2 atom stereocenters. The van der Waals surface area contributed by atoms with Crippen molar-refractivity contribution in [2.75, 3.05) is 24.5 Å². The zero-order valence-electron chi connectivity index (χ0n) is 14.4. The Bertz CT molecular complexity index is 927. The minimum atomic E-state index is -4.31. The predicted molar refractivity (Wildman–Crippen MR) is 88.3 cm³/mol. The Balaban J connectivity index is 1.72. The highest BCUT2D eigenvalue weighted by Crippen LogP contribution is 2.46. The number of imide groups is 1. The number of imidazole rings is 1. The molecule has 2 aromatic heterocycles. The van der Waals surface area contributed by atoms with Crippen molar-refractivity contribution in [2.24, 2.45) is 5.41 Å². The molecule has 2 aliphatic heterocycles. The van der Waals surface area contributed by atoms with Crippen LogP contribution in [-0.4, -0.2) is 52.3 Å². The first-order chi connectivity index (χ1) is 12.7. The van der Waals surface area contributed by atoms with E-state index in [1.54, 1.807) is 17.2 Å². The molecule has 2 aromatic rings. The number of aromatic nitrogens is 3. The molecule has 144 valence electrons. The van der Waals surface area contributed by atoms with Crippen molar-refractivity contribution in [1.29, 1.82) is 0 Å². The maximum atomic E-state index is 13.4. The van der Waals surface area contributed by atoms with Crippen LogP contribution in [0.25, 0.3) is 5.65 Å². The molecule has 4 rings (SSSR count). The lowest BCUT2D eigenvalue weighted by Gasteiger charge is -2.28. The number of fused-ring (bicyclic) bond motifs is 1. The summed E-state index contributed by atoms with van der Waals surface area (Å²) in [5.74, 6) is -1.23. The molecule has 4 heterocycles. The first kappa shape index (κ1) is 17.6. The number of nitrogens with zero attached hydrogens (tertiary/aromatic N) is 4. The van der Waals surface area contributed by atoms with Gasteiger partial charge in [0.05, 0.1) is 22.7 Å². The van der Waals surface area contributed by atoms with Crippen molar-refractivity contribution in [3.05, 3.63) is 24.2 Å². The highest BCUT2D eigenvalue weighted by Gasteiger charge is 2.54. The Morgan fingerprint density at radius 3 is 2.78 bits per heavy atom. The van der Waals surface area contributed by atoms with Gasteiger partial charge in [-0.3, -0.25) is 10.1 Å². The number of hydrogen-bond donors (Lipinski definition) is 2. The standard InChI is InChI=1S/C16H17F3N6O2/c1-15(16(17,18)19)2-4-24(8-15)11-6-10(23-25-5-3-20-12(11)25)9-7-21-14(27)22-13(9)26/h3,5-6,9H,2,4,7-8H2,1H3,(H2,21,22,26,27). The van der Waals surface area contributed by atoms with Gasteiger partial charge < -0.3 is 10.2 Å². The third-order valence-electron chi connectivity index (χ3n) is 5.23. The van der Waals surface area contributed by atoms with E-state index in [-0.39, 0.29) is 26.1 Å². The summed E-state index contributed by atoms with van der Waals surface area (Å²) in [5, 5.41) is 9.05. The molecule has 27 heavy (non-hydrogen) atoms. The highest BCUT2D eigenvalue weighted by molar-refractivity contribution is 6.00. The quantitative estimate of drug-likeness (QED) is 0.820. The molecule has 0 saturated carbocycles. The summed E-state index contributed by atoms with van der Waals surface area (Å²) in [4.78, 5) is 29.2. The van der Waals surface area contributed by atoms with Crippen LogP contribution in [0.3, 0.4) is 0 Å². The highest BCUT2D eigenvalue weighted by atomic mass is 19.4. The molecular formula is C16H17F3N6O2. The summed E-state index contributed by atoms with van der Waals surface area (Å²) in [5.41, 5.74) is -0.544. The lowest BCUT2D eigenvalue weighted by molar-refractivity contribution is -0.209. The normalized spacial score (nSPS) is 26.4. The largest absolute Gasteiger partial charge is 0.395 e. The van der Waals surface area contributed by atoms with E-state index in [0.717, 1.165) is 0 Å². The van der Waals surface area contributed by atoms with E-state index >= 15 is 0 Å². The third kappa shape index (κ3) is 2.86. The number of amides is 3. The second-order valence-electron chi connectivity index (χ2n) is 7.13. The van der Waals surface area contributed by atoms with Gasteiger partial charge in [0.25, 0.3) is 0 Å². The average Bonchev–Trinajstić information content (AvgIpc) is 3.20. The summed E-state index contributed by atoms with van der Waals surface area (Å²) in [6, 6.07) is 1.01. The van der Waals surface area contributed by atoms with E-state index in [9.17, 15) is 22.8 Å². The van der Waals surface area contributed by atoms with Crippen LogP contribution < -0.4 is 15.5 Å². The number of carbonyl (C=O) groups excluding carboxylic acids is 2. The predicted octanol–water partition coefficient (Wildman–Crippen LogP) is 1.43. The van der Waals surface area contributed by atoms with Crippen LogP contribution in [0, 0.1) is 5.41 Å². The van der Waals surface area contributed by atoms with Gasteiger partial charge >= 0.3 is 12.2 Å². The van der Waals surface area contributed by atoms with Gasteiger partial charge in [-0.05, 0) is 19.4 Å². The van der Waals surface area contributed by atoms with Gasteiger partial charge in [0.15, 0.2) is 5.65 Å². The molecule has 2 aliphatic rings. The van der Waals surface area contributed by atoms with Gasteiger partial charge in [0.2, 0.25) is 5.91 Å². The summed E-state index contributed by atoms with van der Waals surface area (Å²) in [6.45, 7) is 1.30. The average molecular weight is 382 g/mol. The Hall–Kier alpha value is -2.85. The number of anilines is 1. The number of alkyl halides is 3. The lowest BCUT2D eigenvalue weighted by Crippen LogP contribution is -2.51. The van der Waals surface area contributed by atoms with Crippen LogP contribution in [0.2, 0.25) is 0 Å². The van der Waals surface area contributed by atoms with E-state index in [4.69, 9.17) is 0 Å². The van der Waals surface area contributed by atoms with Gasteiger partial charge in [0, 0.05) is 32.0 Å². The summed E-state index contributed by atoms with van der Waals surface area (Å²) in [7, 11) is 0. The smallest absolute Gasteiger partial charge is 0.368 e. The van der Waals surface area contributed by atoms with Crippen molar-refractivity contribution in [3.63, 3.8) is 0 Å². The van der Waals surface area contributed by atoms with Gasteiger partial charge in [-0.1, -0.05) is 0 Å². The SMILES string of the molecule is CC1(C(F)(F)F)CCN(c2cc(C3CNC(=O)NC3=O)nn3ccnc23)C1. The van der Waals surface area contributed by atoms with Gasteiger partial charge in [-0.15, -0.1) is 0 Å². The molecule has 2 saturated heterocycles. The van der Waals surface area contributed by atoms with Crippen molar-refractivity contribution in [2.45, 2.75) is 25.4 Å². The minimum absolute atomic E-state index is 0.0268.